The van der Waals surface area contributed by atoms with Gasteiger partial charge in [-0.1, -0.05) is 30.8 Å². The van der Waals surface area contributed by atoms with Crippen LogP contribution >= 0.6 is 11.8 Å². The molecule has 2 aromatic carbocycles. The predicted molar refractivity (Wildman–Crippen MR) is 112 cm³/mol. The number of halogens is 3. The summed E-state index contributed by atoms with van der Waals surface area (Å²) in [7, 11) is 1.22. The zero-order valence-corrected chi connectivity index (χ0v) is 17.8. The van der Waals surface area contributed by atoms with Gasteiger partial charge in [0.15, 0.2) is 11.5 Å². The molecule has 0 fully saturated rings. The molecule has 1 unspecified atom stereocenters. The minimum atomic E-state index is -4.87. The monoisotopic (exact) mass is 469 g/mol. The zero-order chi connectivity index (χ0) is 23.5. The summed E-state index contributed by atoms with van der Waals surface area (Å²) >= 11 is 1.05. The van der Waals surface area contributed by atoms with Gasteiger partial charge in [-0.05, 0) is 30.2 Å². The Morgan fingerprint density at radius 1 is 1.19 bits per heavy atom. The first-order valence-corrected chi connectivity index (χ1v) is 10.2. The van der Waals surface area contributed by atoms with Crippen molar-refractivity contribution in [3.63, 3.8) is 0 Å². The van der Waals surface area contributed by atoms with E-state index in [9.17, 15) is 28.1 Å². The number of carbonyl (C=O) groups is 1. The highest BCUT2D eigenvalue weighted by Gasteiger charge is 2.34. The van der Waals surface area contributed by atoms with Gasteiger partial charge in [-0.2, -0.15) is 5.10 Å². The fourth-order valence-corrected chi connectivity index (χ4v) is 3.96. The van der Waals surface area contributed by atoms with Crippen LogP contribution in [0.5, 0.6) is 11.5 Å². The van der Waals surface area contributed by atoms with Crippen molar-refractivity contribution < 1.29 is 32.4 Å². The second-order valence-electron chi connectivity index (χ2n) is 6.66. The third-order valence-corrected chi connectivity index (χ3v) is 5.78. The first-order valence-electron chi connectivity index (χ1n) is 9.35. The van der Waals surface area contributed by atoms with Gasteiger partial charge in [0, 0.05) is 17.7 Å². The Bertz CT molecular complexity index is 1040. The van der Waals surface area contributed by atoms with Gasteiger partial charge in [0.1, 0.15) is 0 Å². The number of ether oxygens (including phenoxy) is 2. The van der Waals surface area contributed by atoms with Crippen molar-refractivity contribution in [2.24, 2.45) is 5.10 Å². The molecule has 3 rings (SSSR count). The standard InChI is InChI=1S/C20H18F3N3O5S/c1-3-17-18(13-6-9-15(16(10-13)30-2)31-20(21,22)23)24-25(19(27)32-17)11-12-4-7-14(8-5-12)26(28)29/h4-10,17H,3,11H2,1-2H3. The van der Waals surface area contributed by atoms with Crippen LogP contribution in [-0.2, 0) is 6.54 Å². The Kier molecular flexibility index (Phi) is 6.92. The first kappa shape index (κ1) is 23.4. The lowest BCUT2D eigenvalue weighted by Gasteiger charge is -2.28. The fraction of sp³-hybridized carbons (Fsp3) is 0.300. The zero-order valence-electron chi connectivity index (χ0n) is 17.0. The molecule has 1 amide bonds. The number of methoxy groups -OCH3 is 1. The van der Waals surface area contributed by atoms with E-state index in [1.807, 2.05) is 6.92 Å². The average Bonchev–Trinajstić information content (AvgIpc) is 2.74. The lowest BCUT2D eigenvalue weighted by atomic mass is 10.0. The Morgan fingerprint density at radius 2 is 1.88 bits per heavy atom. The molecular weight excluding hydrogens is 451 g/mol. The third kappa shape index (κ3) is 5.49. The fourth-order valence-electron chi connectivity index (χ4n) is 3.03. The Balaban J connectivity index is 1.92. The maximum Gasteiger partial charge on any atom is 0.573 e. The van der Waals surface area contributed by atoms with Crippen LogP contribution in [0.4, 0.5) is 23.7 Å². The predicted octanol–water partition coefficient (Wildman–Crippen LogP) is 5.35. The van der Waals surface area contributed by atoms with E-state index in [0.29, 0.717) is 23.3 Å². The molecule has 0 saturated heterocycles. The number of hydrogen-bond donors (Lipinski definition) is 0. The number of nitro benzene ring substituents is 1. The molecule has 1 aliphatic heterocycles. The van der Waals surface area contributed by atoms with Crippen LogP contribution in [-0.4, -0.2) is 39.6 Å². The van der Waals surface area contributed by atoms with Gasteiger partial charge in [-0.15, -0.1) is 13.2 Å². The summed E-state index contributed by atoms with van der Waals surface area (Å²) in [6, 6.07) is 9.67. The smallest absolute Gasteiger partial charge is 0.493 e. The van der Waals surface area contributed by atoms with E-state index in [1.54, 1.807) is 0 Å². The van der Waals surface area contributed by atoms with E-state index in [2.05, 4.69) is 9.84 Å². The quantitative estimate of drug-likeness (QED) is 0.401. The largest absolute Gasteiger partial charge is 0.573 e. The molecule has 0 bridgehead atoms. The van der Waals surface area contributed by atoms with Crippen LogP contribution in [0.3, 0.4) is 0 Å². The number of hydrazone groups is 1. The van der Waals surface area contributed by atoms with E-state index in [-0.39, 0.29) is 28.5 Å². The maximum absolute atomic E-state index is 12.6. The third-order valence-electron chi connectivity index (χ3n) is 4.52. The van der Waals surface area contributed by atoms with E-state index >= 15 is 0 Å². The molecule has 0 N–H and O–H groups in total. The van der Waals surface area contributed by atoms with Gasteiger partial charge in [-0.3, -0.25) is 14.9 Å². The summed E-state index contributed by atoms with van der Waals surface area (Å²) in [4.78, 5) is 22.8. The van der Waals surface area contributed by atoms with Crippen molar-refractivity contribution in [1.29, 1.82) is 0 Å². The number of hydrogen-bond acceptors (Lipinski definition) is 7. The van der Waals surface area contributed by atoms with Gasteiger partial charge in [0.2, 0.25) is 0 Å². The van der Waals surface area contributed by atoms with Gasteiger partial charge in [-0.25, -0.2) is 5.01 Å². The number of benzene rings is 2. The molecule has 0 radical (unpaired) electrons. The summed E-state index contributed by atoms with van der Waals surface area (Å²) in [5.74, 6) is -0.610. The van der Waals surface area contributed by atoms with E-state index in [0.717, 1.165) is 17.8 Å². The molecular formula is C20H18F3N3O5S. The second-order valence-corrected chi connectivity index (χ2v) is 7.81. The van der Waals surface area contributed by atoms with E-state index in [1.165, 1.54) is 48.5 Å². The van der Waals surface area contributed by atoms with Crippen molar-refractivity contribution in [3.8, 4) is 11.5 Å². The van der Waals surface area contributed by atoms with Crippen LogP contribution in [0.2, 0.25) is 0 Å². The molecule has 1 atom stereocenters. The topological polar surface area (TPSA) is 94.3 Å². The summed E-state index contributed by atoms with van der Waals surface area (Å²) < 4.78 is 46.9. The Hall–Kier alpha value is -3.28. The van der Waals surface area contributed by atoms with Crippen LogP contribution < -0.4 is 9.47 Å². The van der Waals surface area contributed by atoms with Gasteiger partial charge in [0.25, 0.3) is 5.69 Å². The second kappa shape index (κ2) is 9.47. The van der Waals surface area contributed by atoms with Gasteiger partial charge < -0.3 is 9.47 Å². The minimum Gasteiger partial charge on any atom is -0.493 e. The molecule has 170 valence electrons. The molecule has 1 heterocycles. The molecule has 0 aromatic heterocycles. The highest BCUT2D eigenvalue weighted by atomic mass is 32.2. The van der Waals surface area contributed by atoms with Crippen molar-refractivity contribution in [3.05, 3.63) is 63.7 Å². The van der Waals surface area contributed by atoms with Gasteiger partial charge >= 0.3 is 11.6 Å². The van der Waals surface area contributed by atoms with Gasteiger partial charge in [0.05, 0.1) is 29.5 Å². The molecule has 0 saturated carbocycles. The van der Waals surface area contributed by atoms with Crippen LogP contribution in [0.1, 0.15) is 24.5 Å². The number of carbonyl (C=O) groups excluding carboxylic acids is 1. The van der Waals surface area contributed by atoms with Crippen LogP contribution in [0.15, 0.2) is 47.6 Å². The summed E-state index contributed by atoms with van der Waals surface area (Å²) in [5.41, 5.74) is 1.54. The number of alkyl halides is 3. The number of nitrogens with zero attached hydrogens (tertiary/aromatic N) is 3. The van der Waals surface area contributed by atoms with Crippen molar-refractivity contribution >= 4 is 28.4 Å². The molecule has 8 nitrogen and oxygen atoms in total. The average molecular weight is 469 g/mol. The lowest BCUT2D eigenvalue weighted by Crippen LogP contribution is -2.34. The summed E-state index contributed by atoms with van der Waals surface area (Å²) in [6.07, 6.45) is -4.31. The minimum absolute atomic E-state index is 0.0726. The molecule has 0 aliphatic carbocycles. The highest BCUT2D eigenvalue weighted by molar-refractivity contribution is 8.14. The van der Waals surface area contributed by atoms with Crippen molar-refractivity contribution in [2.45, 2.75) is 31.5 Å². The van der Waals surface area contributed by atoms with Crippen molar-refractivity contribution in [1.82, 2.24) is 5.01 Å². The van der Waals surface area contributed by atoms with Crippen molar-refractivity contribution in [2.75, 3.05) is 7.11 Å². The number of rotatable bonds is 7. The number of non-ortho nitro benzene ring substituents is 1. The SMILES string of the molecule is CCC1SC(=O)N(Cc2ccc([N+](=O)[O-])cc2)N=C1c1ccc(OC(F)(F)F)c(OC)c1. The number of thioether (sulfide) groups is 1. The summed E-state index contributed by atoms with van der Waals surface area (Å²) in [5, 5.41) is 15.9. The highest BCUT2D eigenvalue weighted by Crippen LogP contribution is 2.36. The molecule has 2 aromatic rings. The van der Waals surface area contributed by atoms with Crippen LogP contribution in [0, 0.1) is 10.1 Å². The lowest BCUT2D eigenvalue weighted by molar-refractivity contribution is -0.384. The van der Waals surface area contributed by atoms with E-state index in [4.69, 9.17) is 4.74 Å². The Labute approximate surface area is 185 Å². The van der Waals surface area contributed by atoms with Crippen LogP contribution in [0.25, 0.3) is 0 Å². The molecule has 12 heteroatoms. The Morgan fingerprint density at radius 3 is 2.44 bits per heavy atom. The normalized spacial score (nSPS) is 16.5. The molecule has 0 spiro atoms. The molecule has 32 heavy (non-hydrogen) atoms. The first-order chi connectivity index (χ1) is 15.1. The van der Waals surface area contributed by atoms with E-state index < -0.39 is 17.0 Å². The maximum atomic E-state index is 12.6. The number of nitro groups is 1. The summed E-state index contributed by atoms with van der Waals surface area (Å²) in [6.45, 7) is 1.95. The molecule has 1 aliphatic rings. The number of amides is 1.